The molecule has 3 aromatic rings. The first-order valence-corrected chi connectivity index (χ1v) is 10.7. The summed E-state index contributed by atoms with van der Waals surface area (Å²) in [4.78, 5) is 13.8. The van der Waals surface area contributed by atoms with Gasteiger partial charge in [-0.25, -0.2) is 13.4 Å². The molecule has 3 N–H and O–H groups in total. The molecule has 9 heteroatoms. The van der Waals surface area contributed by atoms with Gasteiger partial charge in [-0.2, -0.15) is 4.98 Å². The van der Waals surface area contributed by atoms with Crippen LogP contribution in [-0.2, 0) is 14.6 Å². The summed E-state index contributed by atoms with van der Waals surface area (Å²) in [5.74, 6) is 0.592. The first-order valence-electron chi connectivity index (χ1n) is 9.24. The summed E-state index contributed by atoms with van der Waals surface area (Å²) < 4.78 is 31.9. The molecule has 1 fully saturated rings. The highest BCUT2D eigenvalue weighted by Crippen LogP contribution is 2.31. The monoisotopic (exact) mass is 401 g/mol. The van der Waals surface area contributed by atoms with E-state index >= 15 is 0 Å². The lowest BCUT2D eigenvalue weighted by molar-refractivity contribution is 0.0215. The molecule has 2 aromatic heterocycles. The van der Waals surface area contributed by atoms with Crippen LogP contribution in [0.4, 0.5) is 11.8 Å². The summed E-state index contributed by atoms with van der Waals surface area (Å²) in [7, 11) is -1.83. The maximum atomic E-state index is 13.1. The van der Waals surface area contributed by atoms with Gasteiger partial charge >= 0.3 is 0 Å². The number of fused-ring (bicyclic) bond motifs is 1. The lowest BCUT2D eigenvalue weighted by Crippen LogP contribution is -2.34. The normalized spacial score (nSPS) is 17.7. The number of nitrogens with zero attached hydrogens (tertiary/aromatic N) is 3. The molecule has 0 bridgehead atoms. The molecule has 1 aliphatic rings. The highest BCUT2D eigenvalue weighted by atomic mass is 32.2. The fourth-order valence-electron chi connectivity index (χ4n) is 3.53. The van der Waals surface area contributed by atoms with Gasteiger partial charge < -0.3 is 20.4 Å². The Morgan fingerprint density at radius 3 is 2.75 bits per heavy atom. The van der Waals surface area contributed by atoms with E-state index in [-0.39, 0.29) is 21.8 Å². The number of sulfone groups is 1. The molecule has 0 radical (unpaired) electrons. The number of H-pyrrole nitrogens is 1. The number of nitrogens with two attached hydrogens (primary N) is 1. The first-order chi connectivity index (χ1) is 13.5. The molecule has 1 unspecified atom stereocenters. The zero-order chi connectivity index (χ0) is 19.7. The highest BCUT2D eigenvalue weighted by molar-refractivity contribution is 7.91. The lowest BCUT2D eigenvalue weighted by atomic mass is 10.1. The summed E-state index contributed by atoms with van der Waals surface area (Å²) in [5.41, 5.74) is 6.75. The topological polar surface area (TPSA) is 114 Å². The molecule has 0 spiro atoms. The second-order valence-electron chi connectivity index (χ2n) is 6.97. The van der Waals surface area contributed by atoms with Crippen molar-refractivity contribution in [2.24, 2.45) is 0 Å². The SMILES string of the molecule is CN(CC1CCCCO1)c1nc(N)nc2c(S(=O)(=O)c3ccccc3)c[nH]c12. The van der Waals surface area contributed by atoms with Crippen molar-refractivity contribution >= 4 is 32.6 Å². The Labute approximate surface area is 163 Å². The van der Waals surface area contributed by atoms with E-state index in [0.29, 0.717) is 23.4 Å². The fourth-order valence-corrected chi connectivity index (χ4v) is 4.92. The van der Waals surface area contributed by atoms with E-state index in [1.807, 2.05) is 11.9 Å². The Kier molecular flexibility index (Phi) is 4.94. The smallest absolute Gasteiger partial charge is 0.222 e. The van der Waals surface area contributed by atoms with Gasteiger partial charge in [0.25, 0.3) is 0 Å². The summed E-state index contributed by atoms with van der Waals surface area (Å²) in [5, 5.41) is 0. The number of rotatable bonds is 5. The van der Waals surface area contributed by atoms with E-state index in [2.05, 4.69) is 15.0 Å². The predicted octanol–water partition coefficient (Wildman–Crippen LogP) is 2.38. The molecule has 0 aliphatic carbocycles. The Balaban J connectivity index is 1.74. The van der Waals surface area contributed by atoms with Crippen LogP contribution < -0.4 is 10.6 Å². The number of hydrogen-bond acceptors (Lipinski definition) is 7. The van der Waals surface area contributed by atoms with Crippen LogP contribution in [0.2, 0.25) is 0 Å². The van der Waals surface area contributed by atoms with E-state index in [9.17, 15) is 8.42 Å². The molecule has 1 atom stereocenters. The zero-order valence-corrected chi connectivity index (χ0v) is 16.4. The number of likely N-dealkylation sites (N-methyl/N-ethyl adjacent to an activating group) is 1. The standard InChI is InChI=1S/C19H23N5O3S/c1-24(12-13-7-5-6-10-27-13)18-17-16(22-19(20)23-18)15(11-21-17)28(25,26)14-8-3-2-4-9-14/h2-4,8-9,11,13,21H,5-7,10,12H2,1H3,(H2,20,22,23). The number of ether oxygens (including phenoxy) is 1. The minimum Gasteiger partial charge on any atom is -0.376 e. The van der Waals surface area contributed by atoms with Gasteiger partial charge in [-0.05, 0) is 31.4 Å². The van der Waals surface area contributed by atoms with Crippen LogP contribution in [0, 0.1) is 0 Å². The molecule has 1 saturated heterocycles. The number of nitrogens with one attached hydrogen (secondary N) is 1. The molecular formula is C19H23N5O3S. The van der Waals surface area contributed by atoms with Crippen LogP contribution >= 0.6 is 0 Å². The van der Waals surface area contributed by atoms with Crippen LogP contribution in [-0.4, -0.2) is 49.7 Å². The van der Waals surface area contributed by atoms with Gasteiger partial charge in [-0.3, -0.25) is 0 Å². The van der Waals surface area contributed by atoms with Crippen LogP contribution in [0.15, 0.2) is 46.3 Å². The summed E-state index contributed by atoms with van der Waals surface area (Å²) in [6.45, 7) is 1.41. The van der Waals surface area contributed by atoms with E-state index in [0.717, 1.165) is 25.9 Å². The third kappa shape index (κ3) is 3.43. The van der Waals surface area contributed by atoms with Crippen LogP contribution in [0.5, 0.6) is 0 Å². The highest BCUT2D eigenvalue weighted by Gasteiger charge is 2.26. The van der Waals surface area contributed by atoms with Crippen molar-refractivity contribution in [3.05, 3.63) is 36.5 Å². The van der Waals surface area contributed by atoms with Gasteiger partial charge in [-0.1, -0.05) is 18.2 Å². The van der Waals surface area contributed by atoms with E-state index in [1.54, 1.807) is 30.3 Å². The Morgan fingerprint density at radius 2 is 2.04 bits per heavy atom. The third-order valence-electron chi connectivity index (χ3n) is 4.94. The molecule has 0 amide bonds. The first kappa shape index (κ1) is 18.7. The van der Waals surface area contributed by atoms with Crippen molar-refractivity contribution < 1.29 is 13.2 Å². The van der Waals surface area contributed by atoms with Crippen molar-refractivity contribution in [3.8, 4) is 0 Å². The molecule has 1 aromatic carbocycles. The summed E-state index contributed by atoms with van der Waals surface area (Å²) >= 11 is 0. The summed E-state index contributed by atoms with van der Waals surface area (Å²) in [6, 6.07) is 8.27. The molecule has 28 heavy (non-hydrogen) atoms. The van der Waals surface area contributed by atoms with Crippen molar-refractivity contribution in [1.29, 1.82) is 0 Å². The fraction of sp³-hybridized carbons (Fsp3) is 0.368. The second kappa shape index (κ2) is 7.40. The second-order valence-corrected chi connectivity index (χ2v) is 8.89. The number of nitrogen functional groups attached to an aromatic ring is 1. The van der Waals surface area contributed by atoms with Crippen molar-refractivity contribution in [3.63, 3.8) is 0 Å². The number of aromatic amines is 1. The van der Waals surface area contributed by atoms with Gasteiger partial charge in [-0.15, -0.1) is 0 Å². The predicted molar refractivity (Wildman–Crippen MR) is 107 cm³/mol. The quantitative estimate of drug-likeness (QED) is 0.674. The van der Waals surface area contributed by atoms with Gasteiger partial charge in [0.2, 0.25) is 15.8 Å². The van der Waals surface area contributed by atoms with Gasteiger partial charge in [0, 0.05) is 26.4 Å². The van der Waals surface area contributed by atoms with Crippen LogP contribution in [0.1, 0.15) is 19.3 Å². The lowest BCUT2D eigenvalue weighted by Gasteiger charge is -2.28. The Bertz CT molecular complexity index is 1080. The van der Waals surface area contributed by atoms with Crippen molar-refractivity contribution in [2.75, 3.05) is 30.8 Å². The van der Waals surface area contributed by atoms with Crippen LogP contribution in [0.3, 0.4) is 0 Å². The van der Waals surface area contributed by atoms with Gasteiger partial charge in [0.15, 0.2) is 5.82 Å². The van der Waals surface area contributed by atoms with Crippen LogP contribution in [0.25, 0.3) is 11.0 Å². The summed E-state index contributed by atoms with van der Waals surface area (Å²) in [6.07, 6.45) is 4.79. The van der Waals surface area contributed by atoms with Gasteiger partial charge in [0.1, 0.15) is 15.9 Å². The minimum atomic E-state index is -3.73. The number of hydrogen-bond donors (Lipinski definition) is 2. The minimum absolute atomic E-state index is 0.0306. The largest absolute Gasteiger partial charge is 0.376 e. The number of benzene rings is 1. The van der Waals surface area contributed by atoms with E-state index in [1.165, 1.54) is 6.20 Å². The molecule has 4 rings (SSSR count). The Hall–Kier alpha value is -2.65. The zero-order valence-electron chi connectivity index (χ0n) is 15.6. The van der Waals surface area contributed by atoms with Crippen molar-refractivity contribution in [2.45, 2.75) is 35.2 Å². The average molecular weight is 401 g/mol. The average Bonchev–Trinajstić information content (AvgIpc) is 3.13. The molecule has 1 aliphatic heterocycles. The third-order valence-corrected chi connectivity index (χ3v) is 6.73. The Morgan fingerprint density at radius 1 is 1.25 bits per heavy atom. The molecule has 0 saturated carbocycles. The maximum Gasteiger partial charge on any atom is 0.222 e. The molecular weight excluding hydrogens is 378 g/mol. The van der Waals surface area contributed by atoms with Gasteiger partial charge in [0.05, 0.1) is 11.0 Å². The number of anilines is 2. The van der Waals surface area contributed by atoms with E-state index < -0.39 is 9.84 Å². The molecule has 148 valence electrons. The molecule has 8 nitrogen and oxygen atoms in total. The maximum absolute atomic E-state index is 13.1. The number of aromatic nitrogens is 3. The van der Waals surface area contributed by atoms with Crippen molar-refractivity contribution in [1.82, 2.24) is 15.0 Å². The molecule has 3 heterocycles. The van der Waals surface area contributed by atoms with E-state index in [4.69, 9.17) is 10.5 Å².